The molecule has 1 rings (SSSR count). The van der Waals surface area contributed by atoms with Crippen molar-refractivity contribution in [3.05, 3.63) is 12.3 Å². The number of ether oxygens (including phenoxy) is 1. The standard InChI is InChI=1S/C4H3F3NO2/c5-4(6,7)9-3-1-2-8-10-3/h1-3H. The van der Waals surface area contributed by atoms with Crippen molar-refractivity contribution in [2.45, 2.75) is 12.7 Å². The number of alkyl halides is 3. The normalized spacial score (nSPS) is 24.9. The summed E-state index contributed by atoms with van der Waals surface area (Å²) in [4.78, 5) is 4.10. The van der Waals surface area contributed by atoms with Crippen LogP contribution in [0.1, 0.15) is 0 Å². The molecule has 10 heavy (non-hydrogen) atoms. The van der Waals surface area contributed by atoms with Crippen LogP contribution >= 0.6 is 0 Å². The Morgan fingerprint density at radius 3 is 2.60 bits per heavy atom. The van der Waals surface area contributed by atoms with E-state index in [4.69, 9.17) is 0 Å². The summed E-state index contributed by atoms with van der Waals surface area (Å²) in [6.07, 6.45) is -3.95. The fourth-order valence-corrected chi connectivity index (χ4v) is 0.428. The minimum absolute atomic E-state index is 1.05. The van der Waals surface area contributed by atoms with Crippen molar-refractivity contribution in [3.63, 3.8) is 0 Å². The van der Waals surface area contributed by atoms with Crippen molar-refractivity contribution in [3.8, 4) is 0 Å². The zero-order chi connectivity index (χ0) is 7.61. The Balaban J connectivity index is 2.31. The summed E-state index contributed by atoms with van der Waals surface area (Å²) >= 11 is 0. The van der Waals surface area contributed by atoms with Crippen LogP contribution in [0.3, 0.4) is 0 Å². The molecule has 0 saturated heterocycles. The summed E-state index contributed by atoms with van der Waals surface area (Å²) in [5.74, 6) is 0. The molecule has 1 aliphatic heterocycles. The third-order valence-electron chi connectivity index (χ3n) is 0.719. The Morgan fingerprint density at radius 2 is 2.20 bits per heavy atom. The average Bonchev–Trinajstić information content (AvgIpc) is 2.12. The molecular weight excluding hydrogens is 151 g/mol. The molecule has 3 nitrogen and oxygen atoms in total. The molecule has 1 unspecified atom stereocenters. The number of nitrogens with zero attached hydrogens (tertiary/aromatic N) is 1. The van der Waals surface area contributed by atoms with Gasteiger partial charge >= 0.3 is 6.36 Å². The van der Waals surface area contributed by atoms with Crippen LogP contribution in [0.2, 0.25) is 0 Å². The molecule has 0 N–H and O–H groups in total. The van der Waals surface area contributed by atoms with E-state index in [1.807, 2.05) is 0 Å². The van der Waals surface area contributed by atoms with Crippen LogP contribution in [0.15, 0.2) is 12.3 Å². The van der Waals surface area contributed by atoms with Crippen LogP contribution in [0.5, 0.6) is 0 Å². The Morgan fingerprint density at radius 1 is 1.50 bits per heavy atom. The van der Waals surface area contributed by atoms with Crippen molar-refractivity contribution >= 4 is 0 Å². The van der Waals surface area contributed by atoms with Crippen LogP contribution in [0.25, 0.3) is 0 Å². The Kier molecular flexibility index (Phi) is 1.82. The molecule has 1 aliphatic rings. The second-order valence-corrected chi connectivity index (χ2v) is 1.48. The number of halogens is 3. The van der Waals surface area contributed by atoms with E-state index in [0.717, 1.165) is 12.3 Å². The lowest BCUT2D eigenvalue weighted by molar-refractivity contribution is -0.371. The van der Waals surface area contributed by atoms with Gasteiger partial charge in [0, 0.05) is 0 Å². The maximum absolute atomic E-state index is 11.3. The monoisotopic (exact) mass is 154 g/mol. The minimum atomic E-state index is -4.67. The van der Waals surface area contributed by atoms with Gasteiger partial charge < -0.3 is 0 Å². The number of hydrogen-bond donors (Lipinski definition) is 0. The molecule has 0 saturated carbocycles. The van der Waals surface area contributed by atoms with Gasteiger partial charge in [-0.15, -0.1) is 18.7 Å². The molecule has 1 radical (unpaired) electrons. The average molecular weight is 154 g/mol. The van der Waals surface area contributed by atoms with E-state index < -0.39 is 12.7 Å². The van der Waals surface area contributed by atoms with E-state index in [0.29, 0.717) is 0 Å². The summed E-state index contributed by atoms with van der Waals surface area (Å²) in [6, 6.07) is 0. The molecule has 6 heteroatoms. The highest BCUT2D eigenvalue weighted by Gasteiger charge is 2.34. The quantitative estimate of drug-likeness (QED) is 0.562. The first-order valence-electron chi connectivity index (χ1n) is 2.35. The molecule has 0 aliphatic carbocycles. The molecule has 1 atom stereocenters. The van der Waals surface area contributed by atoms with Crippen LogP contribution in [0, 0.1) is 0 Å². The zero-order valence-corrected chi connectivity index (χ0v) is 4.63. The second kappa shape index (κ2) is 2.47. The van der Waals surface area contributed by atoms with E-state index in [2.05, 4.69) is 15.1 Å². The van der Waals surface area contributed by atoms with Crippen LogP contribution in [0.4, 0.5) is 13.2 Å². The smallest absolute Gasteiger partial charge is 0.256 e. The summed E-state index contributed by atoms with van der Waals surface area (Å²) in [5, 5.41) is 0. The lowest BCUT2D eigenvalue weighted by Gasteiger charge is -2.09. The fraction of sp³-hybridized carbons (Fsp3) is 0.500. The van der Waals surface area contributed by atoms with Gasteiger partial charge in [0.05, 0.1) is 6.20 Å². The summed E-state index contributed by atoms with van der Waals surface area (Å²) in [7, 11) is 0. The Labute approximate surface area is 54.4 Å². The van der Waals surface area contributed by atoms with Gasteiger partial charge in [0.1, 0.15) is 0 Å². The maximum atomic E-state index is 11.3. The Hall–Kier alpha value is -0.750. The molecule has 0 spiro atoms. The lowest BCUT2D eigenvalue weighted by Crippen LogP contribution is -2.23. The number of hydroxylamine groups is 1. The largest absolute Gasteiger partial charge is 0.525 e. The van der Waals surface area contributed by atoms with Crippen LogP contribution < -0.4 is 5.48 Å². The zero-order valence-electron chi connectivity index (χ0n) is 4.63. The lowest BCUT2D eigenvalue weighted by atomic mass is 10.6. The SMILES string of the molecule is FC(F)(F)OC1C=C[N]O1. The van der Waals surface area contributed by atoms with Crippen molar-refractivity contribution < 1.29 is 22.7 Å². The molecule has 0 fully saturated rings. The molecule has 1 heterocycles. The summed E-state index contributed by atoms with van der Waals surface area (Å²) < 4.78 is 37.4. The molecule has 0 aromatic carbocycles. The third kappa shape index (κ3) is 2.24. The topological polar surface area (TPSA) is 32.6 Å². The highest BCUT2D eigenvalue weighted by atomic mass is 19.4. The first-order chi connectivity index (χ1) is 4.58. The number of rotatable bonds is 1. The summed E-state index contributed by atoms with van der Waals surface area (Å²) in [6.45, 7) is 0. The van der Waals surface area contributed by atoms with Crippen LogP contribution in [-0.4, -0.2) is 12.7 Å². The van der Waals surface area contributed by atoms with Gasteiger partial charge in [0.2, 0.25) is 6.29 Å². The van der Waals surface area contributed by atoms with E-state index in [1.165, 1.54) is 0 Å². The van der Waals surface area contributed by atoms with Gasteiger partial charge in [-0.25, -0.2) is 4.84 Å². The van der Waals surface area contributed by atoms with Crippen LogP contribution in [-0.2, 0) is 9.57 Å². The van der Waals surface area contributed by atoms with E-state index in [9.17, 15) is 13.2 Å². The first-order valence-corrected chi connectivity index (χ1v) is 2.35. The van der Waals surface area contributed by atoms with Gasteiger partial charge in [-0.05, 0) is 6.08 Å². The third-order valence-corrected chi connectivity index (χ3v) is 0.719. The van der Waals surface area contributed by atoms with Gasteiger partial charge in [0.25, 0.3) is 0 Å². The molecule has 0 aromatic heterocycles. The van der Waals surface area contributed by atoms with Crippen molar-refractivity contribution in [2.24, 2.45) is 0 Å². The molecule has 57 valence electrons. The van der Waals surface area contributed by atoms with Crippen molar-refractivity contribution in [1.29, 1.82) is 0 Å². The highest BCUT2D eigenvalue weighted by molar-refractivity contribution is 4.85. The van der Waals surface area contributed by atoms with Gasteiger partial charge in [0.15, 0.2) is 0 Å². The molecule has 0 aromatic rings. The van der Waals surface area contributed by atoms with E-state index >= 15 is 0 Å². The predicted molar refractivity (Wildman–Crippen MR) is 23.3 cm³/mol. The van der Waals surface area contributed by atoms with Crippen molar-refractivity contribution in [2.75, 3.05) is 0 Å². The van der Waals surface area contributed by atoms with Gasteiger partial charge in [-0.2, -0.15) is 0 Å². The summed E-state index contributed by atoms with van der Waals surface area (Å²) in [5.41, 5.74) is 3.04. The van der Waals surface area contributed by atoms with Gasteiger partial charge in [-0.3, -0.25) is 4.74 Å². The van der Waals surface area contributed by atoms with E-state index in [-0.39, 0.29) is 0 Å². The fourth-order valence-electron chi connectivity index (χ4n) is 0.428. The molecule has 0 bridgehead atoms. The Bertz CT molecular complexity index is 144. The highest BCUT2D eigenvalue weighted by Crippen LogP contribution is 2.20. The van der Waals surface area contributed by atoms with Crippen molar-refractivity contribution in [1.82, 2.24) is 5.48 Å². The molecule has 0 amide bonds. The number of hydrogen-bond acceptors (Lipinski definition) is 2. The first kappa shape index (κ1) is 7.36. The van der Waals surface area contributed by atoms with E-state index in [1.54, 1.807) is 0 Å². The maximum Gasteiger partial charge on any atom is 0.525 e. The van der Waals surface area contributed by atoms with Gasteiger partial charge in [-0.1, -0.05) is 0 Å². The molecular formula is C4H3F3NO2. The predicted octanol–water partition coefficient (Wildman–Crippen LogP) is 0.912. The second-order valence-electron chi connectivity index (χ2n) is 1.48. The minimum Gasteiger partial charge on any atom is -0.256 e.